The van der Waals surface area contributed by atoms with E-state index in [-0.39, 0.29) is 5.91 Å². The van der Waals surface area contributed by atoms with Gasteiger partial charge in [-0.05, 0) is 57.4 Å². The number of hydrogen-bond donors (Lipinski definition) is 1. The van der Waals surface area contributed by atoms with Gasteiger partial charge < -0.3 is 10.1 Å². The Morgan fingerprint density at radius 1 is 1.00 bits per heavy atom. The smallest absolute Gasteiger partial charge is 0.265 e. The minimum absolute atomic E-state index is 0.108. The topological polar surface area (TPSA) is 38.3 Å². The van der Waals surface area contributed by atoms with Gasteiger partial charge in [0.25, 0.3) is 5.91 Å². The minimum atomic E-state index is -0.502. The van der Waals surface area contributed by atoms with Gasteiger partial charge in [-0.1, -0.05) is 42.3 Å². The first kappa shape index (κ1) is 17.1. The van der Waals surface area contributed by atoms with E-state index in [4.69, 9.17) is 4.74 Å². The fourth-order valence-electron chi connectivity index (χ4n) is 2.68. The predicted octanol–water partition coefficient (Wildman–Crippen LogP) is 4.72. The summed E-state index contributed by atoms with van der Waals surface area (Å²) in [5.74, 6) is 0.609. The van der Waals surface area contributed by atoms with E-state index in [0.29, 0.717) is 6.42 Å². The summed E-state index contributed by atoms with van der Waals surface area (Å²) in [6.07, 6.45) is 0.113. The van der Waals surface area contributed by atoms with Gasteiger partial charge in [0, 0.05) is 5.69 Å². The molecule has 0 aliphatic rings. The first-order chi connectivity index (χ1) is 10.9. The summed E-state index contributed by atoms with van der Waals surface area (Å²) in [7, 11) is 0. The van der Waals surface area contributed by atoms with Crippen molar-refractivity contribution < 1.29 is 9.53 Å². The largest absolute Gasteiger partial charge is 0.481 e. The van der Waals surface area contributed by atoms with Gasteiger partial charge in [0.1, 0.15) is 5.75 Å². The van der Waals surface area contributed by atoms with Gasteiger partial charge in [0.2, 0.25) is 0 Å². The molecule has 0 bridgehead atoms. The van der Waals surface area contributed by atoms with Crippen LogP contribution in [0, 0.1) is 27.7 Å². The lowest BCUT2D eigenvalue weighted by atomic mass is 10.0. The van der Waals surface area contributed by atoms with E-state index in [1.165, 1.54) is 11.1 Å². The highest BCUT2D eigenvalue weighted by atomic mass is 16.5. The normalized spacial score (nSPS) is 11.9. The zero-order valence-corrected chi connectivity index (χ0v) is 14.6. The molecule has 23 heavy (non-hydrogen) atoms. The number of nitrogens with one attached hydrogen (secondary N) is 1. The summed E-state index contributed by atoms with van der Waals surface area (Å²) >= 11 is 0. The molecule has 0 saturated carbocycles. The molecule has 3 nitrogen and oxygen atoms in total. The number of carbonyl (C=O) groups excluding carboxylic acids is 1. The first-order valence-corrected chi connectivity index (χ1v) is 8.02. The maximum Gasteiger partial charge on any atom is 0.265 e. The van der Waals surface area contributed by atoms with Crippen LogP contribution in [-0.4, -0.2) is 12.0 Å². The second kappa shape index (κ2) is 7.32. The number of hydrogen-bond acceptors (Lipinski definition) is 2. The van der Waals surface area contributed by atoms with Crippen LogP contribution < -0.4 is 10.1 Å². The van der Waals surface area contributed by atoms with Crippen LogP contribution >= 0.6 is 0 Å². The maximum absolute atomic E-state index is 12.6. The average molecular weight is 311 g/mol. The summed E-state index contributed by atoms with van der Waals surface area (Å²) in [5.41, 5.74) is 5.38. The lowest BCUT2D eigenvalue weighted by Crippen LogP contribution is -2.32. The molecule has 0 fully saturated rings. The second-order valence-electron chi connectivity index (χ2n) is 6.09. The van der Waals surface area contributed by atoms with E-state index < -0.39 is 6.10 Å². The molecule has 1 amide bonds. The van der Waals surface area contributed by atoms with E-state index in [1.807, 2.05) is 52.0 Å². The van der Waals surface area contributed by atoms with Crippen molar-refractivity contribution in [3.63, 3.8) is 0 Å². The van der Waals surface area contributed by atoms with Crippen molar-refractivity contribution in [3.8, 4) is 5.75 Å². The third kappa shape index (κ3) is 4.35. The van der Waals surface area contributed by atoms with Gasteiger partial charge in [-0.15, -0.1) is 0 Å². The lowest BCUT2D eigenvalue weighted by Gasteiger charge is -2.19. The third-order valence-electron chi connectivity index (χ3n) is 3.89. The standard InChI is InChI=1S/C20H25NO2/c1-6-18(23-17-9-7-13(2)8-10-17)20(22)21-19-15(4)11-14(3)12-16(19)5/h7-12,18H,6H2,1-5H3,(H,21,22)/t18-/m0/s1. The molecule has 0 unspecified atom stereocenters. The van der Waals surface area contributed by atoms with E-state index in [1.54, 1.807) is 0 Å². The molecule has 0 aromatic heterocycles. The Labute approximate surface area is 138 Å². The van der Waals surface area contributed by atoms with Crippen LogP contribution in [0.15, 0.2) is 36.4 Å². The van der Waals surface area contributed by atoms with Crippen LogP contribution in [0.1, 0.15) is 35.6 Å². The number of aryl methyl sites for hydroxylation is 4. The molecule has 0 saturated heterocycles. The maximum atomic E-state index is 12.6. The van der Waals surface area contributed by atoms with Crippen molar-refractivity contribution in [1.82, 2.24) is 0 Å². The molecule has 0 spiro atoms. The molecular weight excluding hydrogens is 286 g/mol. The van der Waals surface area contributed by atoms with Crippen molar-refractivity contribution in [2.45, 2.75) is 47.1 Å². The quantitative estimate of drug-likeness (QED) is 0.868. The van der Waals surface area contributed by atoms with Crippen LogP contribution in [0.2, 0.25) is 0 Å². The lowest BCUT2D eigenvalue weighted by molar-refractivity contribution is -0.122. The van der Waals surface area contributed by atoms with Crippen LogP contribution in [0.25, 0.3) is 0 Å². The number of carbonyl (C=O) groups is 1. The molecule has 0 aliphatic heterocycles. The average Bonchev–Trinajstić information content (AvgIpc) is 2.50. The Hall–Kier alpha value is -2.29. The highest BCUT2D eigenvalue weighted by Gasteiger charge is 2.20. The van der Waals surface area contributed by atoms with Crippen molar-refractivity contribution in [2.75, 3.05) is 5.32 Å². The van der Waals surface area contributed by atoms with Crippen LogP contribution in [-0.2, 0) is 4.79 Å². The molecule has 2 rings (SSSR count). The van der Waals surface area contributed by atoms with Gasteiger partial charge in [-0.3, -0.25) is 4.79 Å². The third-order valence-corrected chi connectivity index (χ3v) is 3.89. The van der Waals surface area contributed by atoms with Gasteiger partial charge in [0.05, 0.1) is 0 Å². The monoisotopic (exact) mass is 311 g/mol. The van der Waals surface area contributed by atoms with Crippen LogP contribution in [0.3, 0.4) is 0 Å². The second-order valence-corrected chi connectivity index (χ2v) is 6.09. The van der Waals surface area contributed by atoms with Gasteiger partial charge in [0.15, 0.2) is 6.10 Å². The Morgan fingerprint density at radius 2 is 1.57 bits per heavy atom. The van der Waals surface area contributed by atoms with Crippen LogP contribution in [0.4, 0.5) is 5.69 Å². The zero-order chi connectivity index (χ0) is 17.0. The number of anilines is 1. The molecule has 1 atom stereocenters. The van der Waals surface area contributed by atoms with Gasteiger partial charge >= 0.3 is 0 Å². The van der Waals surface area contributed by atoms with E-state index >= 15 is 0 Å². The Balaban J connectivity index is 2.13. The van der Waals surface area contributed by atoms with Crippen LogP contribution in [0.5, 0.6) is 5.75 Å². The molecule has 0 radical (unpaired) electrons. The summed E-state index contributed by atoms with van der Waals surface area (Å²) in [6.45, 7) is 10.1. The Kier molecular flexibility index (Phi) is 5.43. The molecular formula is C20H25NO2. The Morgan fingerprint density at radius 3 is 2.09 bits per heavy atom. The highest BCUT2D eigenvalue weighted by molar-refractivity contribution is 5.95. The molecule has 2 aromatic carbocycles. The van der Waals surface area contributed by atoms with Crippen molar-refractivity contribution in [1.29, 1.82) is 0 Å². The molecule has 0 aliphatic carbocycles. The molecule has 122 valence electrons. The van der Waals surface area contributed by atoms with Crippen molar-refractivity contribution >= 4 is 11.6 Å². The fraction of sp³-hybridized carbons (Fsp3) is 0.350. The molecule has 3 heteroatoms. The Bertz CT molecular complexity index is 666. The highest BCUT2D eigenvalue weighted by Crippen LogP contribution is 2.23. The van der Waals surface area contributed by atoms with E-state index in [9.17, 15) is 4.79 Å². The number of rotatable bonds is 5. The molecule has 0 heterocycles. The minimum Gasteiger partial charge on any atom is -0.481 e. The summed E-state index contributed by atoms with van der Waals surface area (Å²) < 4.78 is 5.84. The van der Waals surface area contributed by atoms with E-state index in [2.05, 4.69) is 24.4 Å². The summed E-state index contributed by atoms with van der Waals surface area (Å²) in [5, 5.41) is 3.02. The summed E-state index contributed by atoms with van der Waals surface area (Å²) in [4.78, 5) is 12.6. The first-order valence-electron chi connectivity index (χ1n) is 8.02. The number of ether oxygens (including phenoxy) is 1. The SMILES string of the molecule is CC[C@H](Oc1ccc(C)cc1)C(=O)Nc1c(C)cc(C)cc1C. The van der Waals surface area contributed by atoms with Crippen molar-refractivity contribution in [3.05, 3.63) is 58.7 Å². The van der Waals surface area contributed by atoms with Gasteiger partial charge in [-0.2, -0.15) is 0 Å². The van der Waals surface area contributed by atoms with E-state index in [0.717, 1.165) is 22.6 Å². The fourth-order valence-corrected chi connectivity index (χ4v) is 2.68. The molecule has 1 N–H and O–H groups in total. The van der Waals surface area contributed by atoms with Crippen molar-refractivity contribution in [2.24, 2.45) is 0 Å². The van der Waals surface area contributed by atoms with Gasteiger partial charge in [-0.25, -0.2) is 0 Å². The zero-order valence-electron chi connectivity index (χ0n) is 14.6. The molecule has 2 aromatic rings. The number of benzene rings is 2. The summed E-state index contributed by atoms with van der Waals surface area (Å²) in [6, 6.07) is 11.9. The number of amides is 1. The predicted molar refractivity (Wildman–Crippen MR) is 95.2 cm³/mol.